The average Bonchev–Trinajstić information content (AvgIpc) is 3.62. The Labute approximate surface area is 292 Å². The predicted octanol–water partition coefficient (Wildman–Crippen LogP) is 10.6. The number of allylic oxidation sites excluding steroid dienone is 2. The molecule has 0 bridgehead atoms. The summed E-state index contributed by atoms with van der Waals surface area (Å²) in [5.74, 6) is 0. The number of anilines is 2. The summed E-state index contributed by atoms with van der Waals surface area (Å²) in [4.78, 5) is 2.66. The molecule has 0 fully saturated rings. The lowest BCUT2D eigenvalue weighted by molar-refractivity contribution is 0.660. The van der Waals surface area contributed by atoms with E-state index in [0.29, 0.717) is 15.6 Å². The highest BCUT2D eigenvalue weighted by atomic mass is 28.2. The molecule has 49 heavy (non-hydrogen) atoms. The first-order chi connectivity index (χ1) is 24.0. The summed E-state index contributed by atoms with van der Waals surface area (Å²) < 4.78 is 0. The molecule has 234 valence electrons. The summed E-state index contributed by atoms with van der Waals surface area (Å²) in [5.41, 5.74) is 18.6. The van der Waals surface area contributed by atoms with Crippen molar-refractivity contribution in [3.63, 3.8) is 0 Å². The molecule has 4 aliphatic rings. The van der Waals surface area contributed by atoms with E-state index in [9.17, 15) is 0 Å². The zero-order valence-corrected chi connectivity index (χ0v) is 29.2. The van der Waals surface area contributed by atoms with Crippen LogP contribution in [0.3, 0.4) is 0 Å². The second kappa shape index (κ2) is 10.4. The molecule has 6 aromatic rings. The minimum Gasteiger partial charge on any atom is -0.332 e. The highest BCUT2D eigenvalue weighted by Gasteiger charge is 2.51. The van der Waals surface area contributed by atoms with Gasteiger partial charge in [-0.1, -0.05) is 165 Å². The summed E-state index contributed by atoms with van der Waals surface area (Å²) in [6, 6.07) is 51.4. The zero-order chi connectivity index (χ0) is 32.9. The van der Waals surface area contributed by atoms with Crippen LogP contribution < -0.4 is 10.1 Å². The van der Waals surface area contributed by atoms with Crippen LogP contribution in [0.5, 0.6) is 0 Å². The number of rotatable bonds is 4. The summed E-state index contributed by atoms with van der Waals surface area (Å²) in [7, 11) is 0.673. The van der Waals surface area contributed by atoms with Gasteiger partial charge < -0.3 is 4.90 Å². The van der Waals surface area contributed by atoms with Crippen LogP contribution in [0.2, 0.25) is 6.55 Å². The van der Waals surface area contributed by atoms with Crippen molar-refractivity contribution in [2.45, 2.75) is 43.7 Å². The molecule has 0 N–H and O–H groups in total. The first-order valence-electron chi connectivity index (χ1n) is 17.6. The normalized spacial score (nSPS) is 20.2. The van der Waals surface area contributed by atoms with Crippen LogP contribution in [0.4, 0.5) is 11.4 Å². The van der Waals surface area contributed by atoms with Gasteiger partial charge in [-0.05, 0) is 79.8 Å². The fourth-order valence-electron chi connectivity index (χ4n) is 9.76. The van der Waals surface area contributed by atoms with E-state index in [-0.39, 0.29) is 5.41 Å². The molecule has 10 rings (SSSR count). The second-order valence-electron chi connectivity index (χ2n) is 14.4. The van der Waals surface area contributed by atoms with Gasteiger partial charge in [0.05, 0.1) is 26.7 Å². The Bertz CT molecular complexity index is 2410. The highest BCUT2D eigenvalue weighted by Crippen LogP contribution is 2.62. The van der Waals surface area contributed by atoms with Crippen LogP contribution in [0.1, 0.15) is 59.2 Å². The number of nitrogens with zero attached hydrogens (tertiary/aromatic N) is 1. The molecule has 0 amide bonds. The maximum atomic E-state index is 2.66. The van der Waals surface area contributed by atoms with Gasteiger partial charge >= 0.3 is 0 Å². The molecule has 0 spiro atoms. The van der Waals surface area contributed by atoms with Crippen LogP contribution in [0.15, 0.2) is 152 Å². The zero-order valence-electron chi connectivity index (χ0n) is 28.2. The van der Waals surface area contributed by atoms with Gasteiger partial charge in [0, 0.05) is 16.7 Å². The molecule has 0 saturated carbocycles. The van der Waals surface area contributed by atoms with Gasteiger partial charge in [0.1, 0.15) is 0 Å². The van der Waals surface area contributed by atoms with E-state index in [2.05, 4.69) is 177 Å². The van der Waals surface area contributed by atoms with E-state index in [1.807, 2.05) is 0 Å². The molecule has 0 aromatic heterocycles. The third kappa shape index (κ3) is 3.70. The molecule has 6 aromatic carbocycles. The SMILES string of the molecule is C[Si]c1ccccc1C1(c2cccc(-c3cccc4c3-c3ccccc3C4(C)C)c2)c2ccccc2N2c3c(cccc31)C1=CC=CCC12. The van der Waals surface area contributed by atoms with Crippen molar-refractivity contribution in [2.24, 2.45) is 0 Å². The predicted molar refractivity (Wildman–Crippen MR) is 207 cm³/mol. The Morgan fingerprint density at radius 1 is 0.633 bits per heavy atom. The number of para-hydroxylation sites is 2. The minimum absolute atomic E-state index is 0.0432. The maximum Gasteiger partial charge on any atom is 0.0777 e. The molecule has 2 heterocycles. The van der Waals surface area contributed by atoms with Crippen molar-refractivity contribution in [2.75, 3.05) is 4.90 Å². The number of hydrogen-bond donors (Lipinski definition) is 0. The lowest BCUT2D eigenvalue weighted by Gasteiger charge is -2.47. The minimum atomic E-state index is -0.495. The van der Waals surface area contributed by atoms with Crippen molar-refractivity contribution in [3.05, 3.63) is 191 Å². The van der Waals surface area contributed by atoms with Gasteiger partial charge in [0.2, 0.25) is 0 Å². The van der Waals surface area contributed by atoms with Gasteiger partial charge in [0.15, 0.2) is 0 Å². The molecular formula is C47H37NSi. The van der Waals surface area contributed by atoms with E-state index in [1.165, 1.54) is 83.3 Å². The van der Waals surface area contributed by atoms with Crippen LogP contribution in [0.25, 0.3) is 27.8 Å². The lowest BCUT2D eigenvalue weighted by Crippen LogP contribution is -2.43. The fourth-order valence-corrected chi connectivity index (χ4v) is 10.6. The van der Waals surface area contributed by atoms with Crippen molar-refractivity contribution >= 4 is 31.7 Å². The van der Waals surface area contributed by atoms with Crippen molar-refractivity contribution in [3.8, 4) is 22.3 Å². The van der Waals surface area contributed by atoms with Crippen LogP contribution in [0, 0.1) is 0 Å². The molecule has 0 saturated heterocycles. The molecular weight excluding hydrogens is 607 g/mol. The summed E-state index contributed by atoms with van der Waals surface area (Å²) in [6.07, 6.45) is 7.95. The Morgan fingerprint density at radius 2 is 1.31 bits per heavy atom. The first-order valence-corrected chi connectivity index (χ1v) is 19.1. The number of fused-ring (bicyclic) bond motifs is 8. The van der Waals surface area contributed by atoms with E-state index in [4.69, 9.17) is 0 Å². The maximum absolute atomic E-state index is 2.66. The van der Waals surface area contributed by atoms with Crippen LogP contribution >= 0.6 is 0 Å². The molecule has 2 radical (unpaired) electrons. The van der Waals surface area contributed by atoms with Gasteiger partial charge in [0.25, 0.3) is 0 Å². The van der Waals surface area contributed by atoms with E-state index < -0.39 is 5.41 Å². The Balaban J connectivity index is 1.31. The van der Waals surface area contributed by atoms with E-state index >= 15 is 0 Å². The van der Waals surface area contributed by atoms with Gasteiger partial charge in [-0.2, -0.15) is 0 Å². The Hall–Kier alpha value is -5.18. The van der Waals surface area contributed by atoms with Crippen molar-refractivity contribution in [1.29, 1.82) is 0 Å². The second-order valence-corrected chi connectivity index (χ2v) is 15.5. The largest absolute Gasteiger partial charge is 0.332 e. The fraction of sp³-hybridized carbons (Fsp3) is 0.149. The molecule has 2 unspecified atom stereocenters. The molecule has 1 nitrogen and oxygen atoms in total. The third-order valence-electron chi connectivity index (χ3n) is 11.8. The molecule has 2 aliphatic carbocycles. The molecule has 2 aliphatic heterocycles. The number of benzene rings is 6. The van der Waals surface area contributed by atoms with Gasteiger partial charge in [-0.15, -0.1) is 0 Å². The van der Waals surface area contributed by atoms with Crippen molar-refractivity contribution < 1.29 is 0 Å². The van der Waals surface area contributed by atoms with Crippen LogP contribution in [-0.4, -0.2) is 15.6 Å². The van der Waals surface area contributed by atoms with E-state index in [1.54, 1.807) is 0 Å². The van der Waals surface area contributed by atoms with Crippen molar-refractivity contribution in [1.82, 2.24) is 0 Å². The Morgan fingerprint density at radius 3 is 2.16 bits per heavy atom. The number of hydrogen-bond acceptors (Lipinski definition) is 1. The molecule has 2 atom stereocenters. The molecule has 2 heteroatoms. The standard InChI is InChI=1S/C47H37NSi/c1-46(2)36-21-6-4-18-35(36)44-32(19-13-24-39(44)46)30-15-12-16-31(29-30)47(38-23-8-11-28-43(38)49-3)37-22-7-10-27-42(37)48-41-26-9-5-17-33(41)34-20-14-25-40(47)45(34)48/h4-25,27-29,41H,26H2,1-3H3. The topological polar surface area (TPSA) is 3.24 Å². The average molecular weight is 644 g/mol. The summed E-state index contributed by atoms with van der Waals surface area (Å²) in [6.45, 7) is 7.08. The smallest absolute Gasteiger partial charge is 0.0777 e. The monoisotopic (exact) mass is 643 g/mol. The highest BCUT2D eigenvalue weighted by molar-refractivity contribution is 6.52. The Kier molecular flexibility index (Phi) is 6.12. The van der Waals surface area contributed by atoms with Crippen LogP contribution in [-0.2, 0) is 10.8 Å². The van der Waals surface area contributed by atoms with E-state index in [0.717, 1.165) is 6.42 Å². The summed E-state index contributed by atoms with van der Waals surface area (Å²) in [5, 5.41) is 1.42. The lowest BCUT2D eigenvalue weighted by atomic mass is 9.62. The first kappa shape index (κ1) is 28.8. The quantitative estimate of drug-likeness (QED) is 0.173. The summed E-state index contributed by atoms with van der Waals surface area (Å²) >= 11 is 0. The van der Waals surface area contributed by atoms with Gasteiger partial charge in [-0.3, -0.25) is 0 Å². The third-order valence-corrected chi connectivity index (χ3v) is 12.8. The van der Waals surface area contributed by atoms with Gasteiger partial charge in [-0.25, -0.2) is 0 Å².